The van der Waals surface area contributed by atoms with Gasteiger partial charge in [0.1, 0.15) is 0 Å². The molecular formula is C18H21N. The van der Waals surface area contributed by atoms with Crippen LogP contribution in [0.15, 0.2) is 54.6 Å². The van der Waals surface area contributed by atoms with Crippen LogP contribution < -0.4 is 5.73 Å². The van der Waals surface area contributed by atoms with Crippen molar-refractivity contribution >= 4 is 16.8 Å². The highest BCUT2D eigenvalue weighted by atomic mass is 14.6. The number of benzene rings is 2. The Kier molecular flexibility index (Phi) is 4.40. The highest BCUT2D eigenvalue weighted by Gasteiger charge is 2.10. The first-order valence-corrected chi connectivity index (χ1v) is 6.90. The van der Waals surface area contributed by atoms with Crippen LogP contribution in [0, 0.1) is 0 Å². The van der Waals surface area contributed by atoms with Crippen LogP contribution in [0.5, 0.6) is 0 Å². The maximum atomic E-state index is 6.13. The molecule has 0 bridgehead atoms. The minimum Gasteiger partial charge on any atom is -0.398 e. The smallest absolute Gasteiger partial charge is 0.0390 e. The molecule has 2 N–H and O–H groups in total. The molecule has 2 rings (SSSR count). The number of hydrogen-bond donors (Lipinski definition) is 1. The predicted molar refractivity (Wildman–Crippen MR) is 84.7 cm³/mol. The maximum Gasteiger partial charge on any atom is 0.0390 e. The van der Waals surface area contributed by atoms with Crippen molar-refractivity contribution in [1.82, 2.24) is 0 Å². The third kappa shape index (κ3) is 2.87. The van der Waals surface area contributed by atoms with Gasteiger partial charge in [-0.15, -0.1) is 0 Å². The summed E-state index contributed by atoms with van der Waals surface area (Å²) in [5, 5.41) is 0. The molecule has 0 heterocycles. The quantitative estimate of drug-likeness (QED) is 0.600. The minimum absolute atomic E-state index is 0.862. The van der Waals surface area contributed by atoms with Crippen molar-refractivity contribution < 1.29 is 0 Å². The first-order valence-electron chi connectivity index (χ1n) is 6.90. The molecule has 98 valence electrons. The Bertz CT molecular complexity index is 567. The number of nitrogen functional groups attached to an aromatic ring is 1. The summed E-state index contributed by atoms with van der Waals surface area (Å²) in [6.45, 7) is 4.40. The Morgan fingerprint density at radius 1 is 0.789 bits per heavy atom. The van der Waals surface area contributed by atoms with Gasteiger partial charge in [-0.3, -0.25) is 0 Å². The molecule has 19 heavy (non-hydrogen) atoms. The van der Waals surface area contributed by atoms with E-state index >= 15 is 0 Å². The maximum absolute atomic E-state index is 6.13. The molecule has 0 radical (unpaired) electrons. The molecule has 0 amide bonds. The zero-order valence-electron chi connectivity index (χ0n) is 11.7. The van der Waals surface area contributed by atoms with Gasteiger partial charge in [0.05, 0.1) is 0 Å². The summed E-state index contributed by atoms with van der Waals surface area (Å²) in [7, 11) is 0. The Morgan fingerprint density at radius 3 is 1.95 bits per heavy atom. The third-order valence-electron chi connectivity index (χ3n) is 3.48. The van der Waals surface area contributed by atoms with Crippen molar-refractivity contribution in [2.45, 2.75) is 26.7 Å². The SMILES string of the molecule is CCC(=C(CC)c1ccccc1N)c1ccccc1. The molecule has 0 fully saturated rings. The summed E-state index contributed by atoms with van der Waals surface area (Å²) in [6.07, 6.45) is 2.01. The van der Waals surface area contributed by atoms with Crippen LogP contribution >= 0.6 is 0 Å². The van der Waals surface area contributed by atoms with Gasteiger partial charge in [-0.25, -0.2) is 0 Å². The lowest BCUT2D eigenvalue weighted by molar-refractivity contribution is 1.18. The zero-order valence-corrected chi connectivity index (χ0v) is 11.7. The topological polar surface area (TPSA) is 26.0 Å². The van der Waals surface area contributed by atoms with Crippen molar-refractivity contribution in [3.05, 3.63) is 65.7 Å². The monoisotopic (exact) mass is 251 g/mol. The first-order chi connectivity index (χ1) is 9.27. The van der Waals surface area contributed by atoms with Crippen LogP contribution in [0.3, 0.4) is 0 Å². The van der Waals surface area contributed by atoms with E-state index in [-0.39, 0.29) is 0 Å². The van der Waals surface area contributed by atoms with E-state index in [0.717, 1.165) is 18.5 Å². The van der Waals surface area contributed by atoms with Crippen LogP contribution in [0.1, 0.15) is 37.8 Å². The van der Waals surface area contributed by atoms with E-state index in [1.807, 2.05) is 12.1 Å². The van der Waals surface area contributed by atoms with Crippen molar-refractivity contribution in [3.8, 4) is 0 Å². The van der Waals surface area contributed by atoms with Gasteiger partial charge in [0.2, 0.25) is 0 Å². The molecule has 0 aliphatic rings. The summed E-state index contributed by atoms with van der Waals surface area (Å²) in [4.78, 5) is 0. The first kappa shape index (κ1) is 13.4. The normalized spacial score (nSPS) is 12.1. The lowest BCUT2D eigenvalue weighted by Gasteiger charge is -2.15. The van der Waals surface area contributed by atoms with E-state index in [1.54, 1.807) is 0 Å². The second-order valence-electron chi connectivity index (χ2n) is 4.62. The average molecular weight is 251 g/mol. The predicted octanol–water partition coefficient (Wildman–Crippen LogP) is 5.00. The molecule has 0 saturated heterocycles. The summed E-state index contributed by atoms with van der Waals surface area (Å²) in [6, 6.07) is 18.7. The summed E-state index contributed by atoms with van der Waals surface area (Å²) in [5.74, 6) is 0. The van der Waals surface area contributed by atoms with Crippen LogP contribution in [0.4, 0.5) is 5.69 Å². The Morgan fingerprint density at radius 2 is 1.37 bits per heavy atom. The Labute approximate surface area is 115 Å². The van der Waals surface area contributed by atoms with E-state index < -0.39 is 0 Å². The van der Waals surface area contributed by atoms with Gasteiger partial charge in [0.15, 0.2) is 0 Å². The van der Waals surface area contributed by atoms with Crippen molar-refractivity contribution in [2.24, 2.45) is 0 Å². The number of allylic oxidation sites excluding steroid dienone is 2. The number of anilines is 1. The molecule has 0 aliphatic heterocycles. The van der Waals surface area contributed by atoms with Crippen LogP contribution in [-0.2, 0) is 0 Å². The van der Waals surface area contributed by atoms with Gasteiger partial charge < -0.3 is 5.73 Å². The second-order valence-corrected chi connectivity index (χ2v) is 4.62. The van der Waals surface area contributed by atoms with Gasteiger partial charge in [-0.2, -0.15) is 0 Å². The molecule has 0 spiro atoms. The van der Waals surface area contributed by atoms with Gasteiger partial charge in [-0.1, -0.05) is 62.4 Å². The van der Waals surface area contributed by atoms with Crippen LogP contribution in [0.25, 0.3) is 11.1 Å². The Balaban J connectivity index is 2.60. The van der Waals surface area contributed by atoms with E-state index in [2.05, 4.69) is 56.3 Å². The highest BCUT2D eigenvalue weighted by molar-refractivity contribution is 5.93. The lowest BCUT2D eigenvalue weighted by atomic mass is 9.90. The van der Waals surface area contributed by atoms with Gasteiger partial charge in [-0.05, 0) is 35.6 Å². The van der Waals surface area contributed by atoms with Crippen molar-refractivity contribution in [1.29, 1.82) is 0 Å². The van der Waals surface area contributed by atoms with Crippen molar-refractivity contribution in [2.75, 3.05) is 5.73 Å². The number of nitrogens with two attached hydrogens (primary N) is 1. The summed E-state index contributed by atoms with van der Waals surface area (Å²) < 4.78 is 0. The highest BCUT2D eigenvalue weighted by Crippen LogP contribution is 2.33. The molecule has 0 aromatic heterocycles. The van der Waals surface area contributed by atoms with Crippen molar-refractivity contribution in [3.63, 3.8) is 0 Å². The molecule has 1 heteroatoms. The van der Waals surface area contributed by atoms with Crippen LogP contribution in [-0.4, -0.2) is 0 Å². The molecule has 0 atom stereocenters. The molecule has 2 aromatic carbocycles. The average Bonchev–Trinajstić information content (AvgIpc) is 2.46. The summed E-state index contributed by atoms with van der Waals surface area (Å²) in [5.41, 5.74) is 12.2. The van der Waals surface area contributed by atoms with Crippen LogP contribution in [0.2, 0.25) is 0 Å². The van der Waals surface area contributed by atoms with E-state index in [1.165, 1.54) is 22.3 Å². The summed E-state index contributed by atoms with van der Waals surface area (Å²) >= 11 is 0. The largest absolute Gasteiger partial charge is 0.398 e. The van der Waals surface area contributed by atoms with E-state index in [9.17, 15) is 0 Å². The molecule has 0 saturated carbocycles. The molecule has 0 aliphatic carbocycles. The van der Waals surface area contributed by atoms with E-state index in [4.69, 9.17) is 5.73 Å². The molecule has 1 nitrogen and oxygen atoms in total. The Hall–Kier alpha value is -2.02. The number of rotatable bonds is 4. The van der Waals surface area contributed by atoms with E-state index in [0.29, 0.717) is 0 Å². The fourth-order valence-corrected chi connectivity index (χ4v) is 2.57. The minimum atomic E-state index is 0.862. The van der Waals surface area contributed by atoms with Gasteiger partial charge in [0, 0.05) is 11.3 Å². The number of hydrogen-bond acceptors (Lipinski definition) is 1. The van der Waals surface area contributed by atoms with Gasteiger partial charge >= 0.3 is 0 Å². The molecule has 0 unspecified atom stereocenters. The fourth-order valence-electron chi connectivity index (χ4n) is 2.57. The molecule has 2 aromatic rings. The second kappa shape index (κ2) is 6.24. The third-order valence-corrected chi connectivity index (χ3v) is 3.48. The number of para-hydroxylation sites is 1. The molecular weight excluding hydrogens is 230 g/mol. The zero-order chi connectivity index (χ0) is 13.7. The fraction of sp³-hybridized carbons (Fsp3) is 0.222. The van der Waals surface area contributed by atoms with Gasteiger partial charge in [0.25, 0.3) is 0 Å². The lowest BCUT2D eigenvalue weighted by Crippen LogP contribution is -1.96. The standard InChI is InChI=1S/C18H21N/c1-3-15(14-10-6-5-7-11-14)16(4-2)17-12-8-9-13-18(17)19/h5-13H,3-4,19H2,1-2H3.